The van der Waals surface area contributed by atoms with Crippen LogP contribution >= 0.6 is 0 Å². The maximum atomic E-state index is 13.3. The zero-order valence-electron chi connectivity index (χ0n) is 19.0. The van der Waals surface area contributed by atoms with Crippen molar-refractivity contribution in [1.82, 2.24) is 24.0 Å². The molecule has 3 aromatic rings. The molecule has 2 aromatic heterocycles. The molecule has 0 atom stereocenters. The number of nitrogens with zero attached hydrogens (tertiary/aromatic N) is 5. The van der Waals surface area contributed by atoms with Gasteiger partial charge in [-0.3, -0.25) is 13.9 Å². The smallest absolute Gasteiger partial charge is 0.475 e. The highest BCUT2D eigenvalue weighted by Gasteiger charge is 2.38. The second kappa shape index (κ2) is 10.6. The molecule has 4 rings (SSSR count). The van der Waals surface area contributed by atoms with Crippen LogP contribution in [0.25, 0.3) is 11.2 Å². The number of nitrogens with one attached hydrogen (secondary N) is 1. The summed E-state index contributed by atoms with van der Waals surface area (Å²) in [4.78, 5) is 41.9. The highest BCUT2D eigenvalue weighted by molar-refractivity contribution is 5.75. The number of hydrogen-bond donors (Lipinski definition) is 2. The van der Waals surface area contributed by atoms with Crippen LogP contribution in [0.1, 0.15) is 5.56 Å². The van der Waals surface area contributed by atoms with E-state index in [1.165, 1.54) is 9.13 Å². The maximum absolute atomic E-state index is 13.3. The summed E-state index contributed by atoms with van der Waals surface area (Å²) >= 11 is 0. The summed E-state index contributed by atoms with van der Waals surface area (Å²) in [7, 11) is 1.67. The number of fused-ring (bicyclic) bond motifs is 1. The molecule has 1 aliphatic rings. The van der Waals surface area contributed by atoms with Gasteiger partial charge < -0.3 is 19.9 Å². The van der Waals surface area contributed by atoms with Crippen LogP contribution in [-0.4, -0.2) is 62.1 Å². The number of allylic oxidation sites excluding steroid dienone is 1. The Balaban J connectivity index is 0.000000429. The molecule has 0 spiro atoms. The van der Waals surface area contributed by atoms with E-state index in [1.807, 2.05) is 34.9 Å². The number of aliphatic carboxylic acids is 1. The van der Waals surface area contributed by atoms with Crippen molar-refractivity contribution in [3.63, 3.8) is 0 Å². The van der Waals surface area contributed by atoms with Crippen LogP contribution < -0.4 is 21.5 Å². The highest BCUT2D eigenvalue weighted by Crippen LogP contribution is 2.20. The molecule has 13 heteroatoms. The van der Waals surface area contributed by atoms with Gasteiger partial charge in [-0.2, -0.15) is 18.2 Å². The first-order valence-electron chi connectivity index (χ1n) is 10.7. The van der Waals surface area contributed by atoms with E-state index < -0.39 is 12.1 Å². The minimum atomic E-state index is -5.08. The van der Waals surface area contributed by atoms with E-state index in [-0.39, 0.29) is 17.8 Å². The normalized spacial score (nSPS) is 13.9. The van der Waals surface area contributed by atoms with Gasteiger partial charge in [0.1, 0.15) is 0 Å². The van der Waals surface area contributed by atoms with Crippen molar-refractivity contribution in [2.75, 3.05) is 31.1 Å². The van der Waals surface area contributed by atoms with Gasteiger partial charge in [0.05, 0.1) is 6.54 Å². The molecule has 0 aliphatic carbocycles. The number of carboxylic acids is 1. The molecule has 35 heavy (non-hydrogen) atoms. The van der Waals surface area contributed by atoms with E-state index >= 15 is 0 Å². The Bertz CT molecular complexity index is 1320. The Morgan fingerprint density at radius 3 is 2.31 bits per heavy atom. The van der Waals surface area contributed by atoms with Gasteiger partial charge in [-0.25, -0.2) is 9.59 Å². The zero-order valence-corrected chi connectivity index (χ0v) is 19.0. The first kappa shape index (κ1) is 25.7. The Morgan fingerprint density at radius 2 is 1.77 bits per heavy atom. The third-order valence-electron chi connectivity index (χ3n) is 5.35. The molecule has 0 bridgehead atoms. The standard InChI is InChI=1S/C20H24N6O2.C2HF3O2/c1-3-11-25-16-17(22-19(25)24-12-9-21-10-13-24)23(2)20(28)26(18(16)27)14-15-7-5-4-6-8-15;3-2(4,5)1(6)7/h3-8,21H,1,9-14H2,2H3;(H,6,7). The zero-order chi connectivity index (χ0) is 25.8. The van der Waals surface area contributed by atoms with Gasteiger partial charge in [0, 0.05) is 39.8 Å². The van der Waals surface area contributed by atoms with E-state index in [2.05, 4.69) is 21.8 Å². The third kappa shape index (κ3) is 5.62. The number of piperazine rings is 1. The average Bonchev–Trinajstić information content (AvgIpc) is 3.21. The highest BCUT2D eigenvalue weighted by atomic mass is 19.4. The van der Waals surface area contributed by atoms with E-state index in [0.29, 0.717) is 23.7 Å². The first-order chi connectivity index (χ1) is 16.6. The third-order valence-corrected chi connectivity index (χ3v) is 5.35. The number of alkyl halides is 3. The lowest BCUT2D eigenvalue weighted by atomic mass is 10.2. The molecule has 10 nitrogen and oxygen atoms in total. The van der Waals surface area contributed by atoms with Crippen molar-refractivity contribution in [2.45, 2.75) is 19.3 Å². The maximum Gasteiger partial charge on any atom is 0.490 e. The molecule has 0 radical (unpaired) electrons. The summed E-state index contributed by atoms with van der Waals surface area (Å²) in [5.74, 6) is -2.05. The van der Waals surface area contributed by atoms with Crippen molar-refractivity contribution < 1.29 is 23.1 Å². The Kier molecular flexibility index (Phi) is 7.79. The fourth-order valence-electron chi connectivity index (χ4n) is 3.67. The van der Waals surface area contributed by atoms with Gasteiger partial charge in [-0.1, -0.05) is 36.4 Å². The average molecular weight is 494 g/mol. The van der Waals surface area contributed by atoms with Gasteiger partial charge in [-0.05, 0) is 5.56 Å². The number of benzene rings is 1. The second-order valence-electron chi connectivity index (χ2n) is 7.74. The minimum Gasteiger partial charge on any atom is -0.475 e. The Labute approximate surface area is 197 Å². The van der Waals surface area contributed by atoms with Crippen molar-refractivity contribution >= 4 is 23.1 Å². The Hall–Kier alpha value is -3.87. The predicted octanol–water partition coefficient (Wildman–Crippen LogP) is 1.17. The van der Waals surface area contributed by atoms with Gasteiger partial charge in [-0.15, -0.1) is 6.58 Å². The van der Waals surface area contributed by atoms with Crippen LogP contribution in [0, 0.1) is 0 Å². The number of rotatable bonds is 5. The Morgan fingerprint density at radius 1 is 1.17 bits per heavy atom. The molecule has 0 saturated carbocycles. The molecule has 1 fully saturated rings. The molecule has 0 unspecified atom stereocenters. The largest absolute Gasteiger partial charge is 0.490 e. The SMILES string of the molecule is C=CCn1c(N2CCNCC2)nc2c1c(=O)n(Cc1ccccc1)c(=O)n2C.O=C(O)C(F)(F)F. The minimum absolute atomic E-state index is 0.227. The molecular formula is C22H25F3N6O4. The van der Waals surface area contributed by atoms with E-state index in [9.17, 15) is 22.8 Å². The lowest BCUT2D eigenvalue weighted by molar-refractivity contribution is -0.192. The quantitative estimate of drug-likeness (QED) is 0.512. The number of aryl methyl sites for hydroxylation is 1. The summed E-state index contributed by atoms with van der Waals surface area (Å²) in [5.41, 5.74) is 1.06. The van der Waals surface area contributed by atoms with E-state index in [4.69, 9.17) is 9.90 Å². The lowest BCUT2D eigenvalue weighted by Crippen LogP contribution is -2.44. The number of halogens is 3. The number of imidazole rings is 1. The van der Waals surface area contributed by atoms with Crippen LogP contribution in [0.5, 0.6) is 0 Å². The summed E-state index contributed by atoms with van der Waals surface area (Å²) in [6.07, 6.45) is -3.33. The first-order valence-corrected chi connectivity index (χ1v) is 10.7. The molecule has 188 valence electrons. The molecule has 3 heterocycles. The van der Waals surface area contributed by atoms with Gasteiger partial charge in [0.25, 0.3) is 5.56 Å². The predicted molar refractivity (Wildman–Crippen MR) is 124 cm³/mol. The fourth-order valence-corrected chi connectivity index (χ4v) is 3.67. The number of carbonyl (C=O) groups is 1. The number of hydrogen-bond acceptors (Lipinski definition) is 6. The fraction of sp³-hybridized carbons (Fsp3) is 0.364. The topological polar surface area (TPSA) is 114 Å². The summed E-state index contributed by atoms with van der Waals surface area (Å²) < 4.78 is 36.3. The monoisotopic (exact) mass is 494 g/mol. The van der Waals surface area contributed by atoms with Gasteiger partial charge >= 0.3 is 17.8 Å². The number of carboxylic acid groups (broad SMARTS) is 1. The van der Waals surface area contributed by atoms with Gasteiger partial charge in [0.2, 0.25) is 5.95 Å². The van der Waals surface area contributed by atoms with Gasteiger partial charge in [0.15, 0.2) is 11.2 Å². The molecule has 0 amide bonds. The van der Waals surface area contributed by atoms with Crippen LogP contribution in [0.4, 0.5) is 19.1 Å². The number of anilines is 1. The van der Waals surface area contributed by atoms with E-state index in [0.717, 1.165) is 31.7 Å². The second-order valence-corrected chi connectivity index (χ2v) is 7.74. The number of aromatic nitrogens is 4. The van der Waals surface area contributed by atoms with E-state index in [1.54, 1.807) is 13.1 Å². The van der Waals surface area contributed by atoms with Crippen molar-refractivity contribution in [3.8, 4) is 0 Å². The van der Waals surface area contributed by atoms with Crippen LogP contribution in [0.15, 0.2) is 52.6 Å². The van der Waals surface area contributed by atoms with Crippen LogP contribution in [0.2, 0.25) is 0 Å². The van der Waals surface area contributed by atoms with Crippen molar-refractivity contribution in [2.24, 2.45) is 7.05 Å². The molecule has 1 aliphatic heterocycles. The molecular weight excluding hydrogens is 469 g/mol. The molecule has 2 N–H and O–H groups in total. The summed E-state index contributed by atoms with van der Waals surface area (Å²) in [6, 6.07) is 9.51. The lowest BCUT2D eigenvalue weighted by Gasteiger charge is -2.28. The summed E-state index contributed by atoms with van der Waals surface area (Å²) in [6.45, 7) is 7.82. The summed E-state index contributed by atoms with van der Waals surface area (Å²) in [5, 5.41) is 10.4. The van der Waals surface area contributed by atoms with Crippen molar-refractivity contribution in [1.29, 1.82) is 0 Å². The van der Waals surface area contributed by atoms with Crippen LogP contribution in [-0.2, 0) is 24.9 Å². The molecule has 1 aromatic carbocycles. The van der Waals surface area contributed by atoms with Crippen LogP contribution in [0.3, 0.4) is 0 Å². The molecule has 1 saturated heterocycles. The van der Waals surface area contributed by atoms with Crippen molar-refractivity contribution in [3.05, 3.63) is 69.4 Å².